The summed E-state index contributed by atoms with van der Waals surface area (Å²) in [6, 6.07) is 10.4. The first-order valence-electron chi connectivity index (χ1n) is 7.09. The van der Waals surface area contributed by atoms with Crippen molar-refractivity contribution in [2.24, 2.45) is 4.99 Å². The number of carbonyl (C=O) groups is 1. The van der Waals surface area contributed by atoms with Crippen molar-refractivity contribution >= 4 is 22.7 Å². The maximum atomic E-state index is 11.9. The van der Waals surface area contributed by atoms with E-state index >= 15 is 0 Å². The molecule has 0 aromatic heterocycles. The predicted octanol–water partition coefficient (Wildman–Crippen LogP) is 1.74. The fraction of sp³-hybridized carbons (Fsp3) is 0.467. The Bertz CT molecular complexity index is 497. The van der Waals surface area contributed by atoms with Crippen LogP contribution < -0.4 is 10.6 Å². The van der Waals surface area contributed by atoms with Gasteiger partial charge in [-0.2, -0.15) is 0 Å². The van der Waals surface area contributed by atoms with Crippen LogP contribution in [0.4, 0.5) is 0 Å². The molecule has 1 amide bonds. The highest BCUT2D eigenvalue weighted by Gasteiger charge is 2.24. The summed E-state index contributed by atoms with van der Waals surface area (Å²) >= 11 is 1.76. The van der Waals surface area contributed by atoms with E-state index in [1.807, 2.05) is 6.07 Å². The molecule has 2 N–H and O–H groups in total. The second kappa shape index (κ2) is 6.41. The van der Waals surface area contributed by atoms with E-state index in [1.54, 1.807) is 11.8 Å². The Morgan fingerprint density at radius 2 is 2.25 bits per heavy atom. The van der Waals surface area contributed by atoms with Crippen LogP contribution in [0.5, 0.6) is 0 Å². The standard InChI is InChI=1S/C15H19N3OS/c19-15(12-7-4-8-16-12)18-10-14-17-9-13(20-14)11-5-2-1-3-6-11/h1-3,5-6,12-13,16H,4,7-10H2,(H,18,19)/t12-,13?/m0/s1. The fourth-order valence-corrected chi connectivity index (χ4v) is 3.63. The Morgan fingerprint density at radius 1 is 1.40 bits per heavy atom. The van der Waals surface area contributed by atoms with E-state index in [0.29, 0.717) is 11.8 Å². The molecule has 1 aromatic rings. The number of hydrogen-bond acceptors (Lipinski definition) is 4. The zero-order valence-electron chi connectivity index (χ0n) is 11.3. The minimum absolute atomic E-state index is 0.00748. The number of thioether (sulfide) groups is 1. The number of hydrogen-bond donors (Lipinski definition) is 2. The van der Waals surface area contributed by atoms with Gasteiger partial charge in [0.05, 0.1) is 29.4 Å². The number of rotatable bonds is 4. The summed E-state index contributed by atoms with van der Waals surface area (Å²) in [6.45, 7) is 2.32. The predicted molar refractivity (Wildman–Crippen MR) is 83.1 cm³/mol. The molecule has 0 spiro atoms. The van der Waals surface area contributed by atoms with Crippen molar-refractivity contribution in [2.75, 3.05) is 19.6 Å². The van der Waals surface area contributed by atoms with Gasteiger partial charge in [-0.3, -0.25) is 9.79 Å². The first kappa shape index (κ1) is 13.6. The van der Waals surface area contributed by atoms with Crippen LogP contribution in [-0.2, 0) is 4.79 Å². The smallest absolute Gasteiger partial charge is 0.237 e. The Balaban J connectivity index is 1.47. The molecule has 0 radical (unpaired) electrons. The lowest BCUT2D eigenvalue weighted by molar-refractivity contribution is -0.122. The monoisotopic (exact) mass is 289 g/mol. The number of amides is 1. The van der Waals surface area contributed by atoms with Crippen LogP contribution >= 0.6 is 11.8 Å². The molecule has 0 bridgehead atoms. The number of carbonyl (C=O) groups excluding carboxylic acids is 1. The molecule has 0 aliphatic carbocycles. The summed E-state index contributed by atoms with van der Waals surface area (Å²) in [4.78, 5) is 16.5. The molecule has 0 saturated carbocycles. The van der Waals surface area contributed by atoms with E-state index in [1.165, 1.54) is 5.56 Å². The summed E-state index contributed by atoms with van der Waals surface area (Å²) < 4.78 is 0. The van der Waals surface area contributed by atoms with Crippen molar-refractivity contribution in [3.63, 3.8) is 0 Å². The van der Waals surface area contributed by atoms with Crippen LogP contribution in [0, 0.1) is 0 Å². The van der Waals surface area contributed by atoms with Crippen LogP contribution in [-0.4, -0.2) is 36.6 Å². The Hall–Kier alpha value is -1.33. The summed E-state index contributed by atoms with van der Waals surface area (Å²) in [6.07, 6.45) is 2.03. The van der Waals surface area contributed by atoms with E-state index in [2.05, 4.69) is 39.9 Å². The number of nitrogens with zero attached hydrogens (tertiary/aromatic N) is 1. The van der Waals surface area contributed by atoms with E-state index < -0.39 is 0 Å². The van der Waals surface area contributed by atoms with Crippen molar-refractivity contribution in [1.29, 1.82) is 0 Å². The molecule has 3 rings (SSSR count). The molecule has 2 aliphatic heterocycles. The number of benzene rings is 1. The van der Waals surface area contributed by atoms with Crippen molar-refractivity contribution in [3.8, 4) is 0 Å². The van der Waals surface area contributed by atoms with Gasteiger partial charge in [0.15, 0.2) is 0 Å². The SMILES string of the molecule is O=C(NCC1=NCC(c2ccccc2)S1)[C@@H]1CCCN1. The van der Waals surface area contributed by atoms with Crippen molar-refractivity contribution < 1.29 is 4.79 Å². The molecule has 1 unspecified atom stereocenters. The largest absolute Gasteiger partial charge is 0.349 e. The molecule has 2 aliphatic rings. The third-order valence-electron chi connectivity index (χ3n) is 3.67. The highest BCUT2D eigenvalue weighted by atomic mass is 32.2. The molecule has 1 fully saturated rings. The minimum Gasteiger partial charge on any atom is -0.349 e. The lowest BCUT2D eigenvalue weighted by Gasteiger charge is -2.11. The molecular formula is C15H19N3OS. The Morgan fingerprint density at radius 3 is 3.00 bits per heavy atom. The summed E-state index contributed by atoms with van der Waals surface area (Å²) in [5.74, 6) is 0.106. The van der Waals surface area contributed by atoms with Crippen LogP contribution in [0.25, 0.3) is 0 Å². The van der Waals surface area contributed by atoms with Crippen LogP contribution in [0.15, 0.2) is 35.3 Å². The second-order valence-electron chi connectivity index (χ2n) is 5.12. The van der Waals surface area contributed by atoms with Crippen molar-refractivity contribution in [3.05, 3.63) is 35.9 Å². The normalized spacial score (nSPS) is 25.5. The third kappa shape index (κ3) is 3.22. The second-order valence-corrected chi connectivity index (χ2v) is 6.39. The maximum Gasteiger partial charge on any atom is 0.237 e. The molecule has 4 nitrogen and oxygen atoms in total. The topological polar surface area (TPSA) is 53.5 Å². The highest BCUT2D eigenvalue weighted by Crippen LogP contribution is 2.34. The summed E-state index contributed by atoms with van der Waals surface area (Å²) in [7, 11) is 0. The Kier molecular flexibility index (Phi) is 4.38. The van der Waals surface area contributed by atoms with Gasteiger partial charge in [-0.25, -0.2) is 0 Å². The van der Waals surface area contributed by atoms with Crippen molar-refractivity contribution in [2.45, 2.75) is 24.1 Å². The summed E-state index contributed by atoms with van der Waals surface area (Å²) in [5, 5.41) is 7.62. The van der Waals surface area contributed by atoms with Gasteiger partial charge in [0.25, 0.3) is 0 Å². The van der Waals surface area contributed by atoms with Gasteiger partial charge in [0, 0.05) is 0 Å². The molecule has 2 heterocycles. The van der Waals surface area contributed by atoms with Gasteiger partial charge in [-0.15, -0.1) is 0 Å². The van der Waals surface area contributed by atoms with E-state index in [4.69, 9.17) is 0 Å². The lowest BCUT2D eigenvalue weighted by atomic mass is 10.1. The van der Waals surface area contributed by atoms with Gasteiger partial charge < -0.3 is 10.6 Å². The van der Waals surface area contributed by atoms with E-state index in [0.717, 1.165) is 31.0 Å². The fourth-order valence-electron chi connectivity index (χ4n) is 2.56. The maximum absolute atomic E-state index is 11.9. The minimum atomic E-state index is -0.00748. The first-order chi connectivity index (χ1) is 9.83. The van der Waals surface area contributed by atoms with Crippen LogP contribution in [0.3, 0.4) is 0 Å². The quantitative estimate of drug-likeness (QED) is 0.888. The lowest BCUT2D eigenvalue weighted by Crippen LogP contribution is -2.41. The molecule has 1 aromatic carbocycles. The zero-order valence-corrected chi connectivity index (χ0v) is 12.2. The van der Waals surface area contributed by atoms with E-state index in [9.17, 15) is 4.79 Å². The number of aliphatic imine (C=N–C) groups is 1. The first-order valence-corrected chi connectivity index (χ1v) is 7.97. The van der Waals surface area contributed by atoms with Gasteiger partial charge in [0.1, 0.15) is 0 Å². The third-order valence-corrected chi connectivity index (χ3v) is 4.93. The number of nitrogens with one attached hydrogen (secondary N) is 2. The van der Waals surface area contributed by atoms with Crippen LogP contribution in [0.2, 0.25) is 0 Å². The van der Waals surface area contributed by atoms with Gasteiger partial charge in [-0.05, 0) is 24.9 Å². The Labute approximate surface area is 123 Å². The van der Waals surface area contributed by atoms with E-state index in [-0.39, 0.29) is 11.9 Å². The molecular weight excluding hydrogens is 270 g/mol. The van der Waals surface area contributed by atoms with Gasteiger partial charge in [-0.1, -0.05) is 42.1 Å². The average Bonchev–Trinajstić information content (AvgIpc) is 3.17. The molecule has 1 saturated heterocycles. The average molecular weight is 289 g/mol. The van der Waals surface area contributed by atoms with Crippen molar-refractivity contribution in [1.82, 2.24) is 10.6 Å². The highest BCUT2D eigenvalue weighted by molar-refractivity contribution is 8.14. The zero-order chi connectivity index (χ0) is 13.8. The molecule has 5 heteroatoms. The molecule has 20 heavy (non-hydrogen) atoms. The molecule has 106 valence electrons. The van der Waals surface area contributed by atoms with Gasteiger partial charge >= 0.3 is 0 Å². The van der Waals surface area contributed by atoms with Gasteiger partial charge in [0.2, 0.25) is 5.91 Å². The molecule has 2 atom stereocenters. The van der Waals surface area contributed by atoms with Crippen LogP contribution in [0.1, 0.15) is 23.7 Å². The summed E-state index contributed by atoms with van der Waals surface area (Å²) in [5.41, 5.74) is 1.31.